The predicted octanol–water partition coefficient (Wildman–Crippen LogP) is 3.73. The second-order valence-electron chi connectivity index (χ2n) is 7.63. The topological polar surface area (TPSA) is 102 Å². The van der Waals surface area contributed by atoms with Gasteiger partial charge in [0.15, 0.2) is 5.78 Å². The van der Waals surface area contributed by atoms with E-state index in [1.165, 1.54) is 13.0 Å². The first-order valence-electron chi connectivity index (χ1n) is 10.1. The third-order valence-corrected chi connectivity index (χ3v) is 5.65. The number of amides is 1. The van der Waals surface area contributed by atoms with Crippen LogP contribution in [0, 0.1) is 10.1 Å². The van der Waals surface area contributed by atoms with Crippen molar-refractivity contribution in [2.24, 2.45) is 0 Å². The Labute approximate surface area is 174 Å². The Hall–Kier alpha value is -3.42. The fourth-order valence-electron chi connectivity index (χ4n) is 4.11. The highest BCUT2D eigenvalue weighted by molar-refractivity contribution is 5.98. The van der Waals surface area contributed by atoms with Gasteiger partial charge in [-0.2, -0.15) is 0 Å². The molecule has 0 aromatic heterocycles. The molecule has 0 radical (unpaired) electrons. The average molecular weight is 409 g/mol. The molecule has 2 aliphatic rings. The number of ketones is 1. The largest absolute Gasteiger partial charge is 0.493 e. The number of nitrogens with zero attached hydrogens (tertiary/aromatic N) is 2. The number of ether oxygens (including phenoxy) is 1. The lowest BCUT2D eigenvalue weighted by atomic mass is 9.99. The van der Waals surface area contributed by atoms with Gasteiger partial charge in [-0.25, -0.2) is 0 Å². The Bertz CT molecular complexity index is 1020. The zero-order valence-electron chi connectivity index (χ0n) is 16.7. The summed E-state index contributed by atoms with van der Waals surface area (Å²) in [5.41, 5.74) is 2.24. The fourth-order valence-corrected chi connectivity index (χ4v) is 4.11. The average Bonchev–Trinajstić information content (AvgIpc) is 3.21. The van der Waals surface area contributed by atoms with Crippen molar-refractivity contribution in [3.63, 3.8) is 0 Å². The smallest absolute Gasteiger partial charge is 0.293 e. The number of rotatable bonds is 5. The van der Waals surface area contributed by atoms with E-state index in [-0.39, 0.29) is 22.9 Å². The van der Waals surface area contributed by atoms with E-state index in [9.17, 15) is 19.7 Å². The molecule has 2 aliphatic heterocycles. The third kappa shape index (κ3) is 3.85. The summed E-state index contributed by atoms with van der Waals surface area (Å²) in [5, 5.41) is 14.6. The van der Waals surface area contributed by atoms with Crippen molar-refractivity contribution in [3.8, 4) is 5.75 Å². The zero-order chi connectivity index (χ0) is 21.3. The van der Waals surface area contributed by atoms with Crippen LogP contribution in [0.5, 0.6) is 5.75 Å². The van der Waals surface area contributed by atoms with E-state index in [0.717, 1.165) is 30.6 Å². The predicted molar refractivity (Wildman–Crippen MR) is 112 cm³/mol. The molecule has 156 valence electrons. The molecule has 8 heteroatoms. The molecule has 1 atom stereocenters. The van der Waals surface area contributed by atoms with Crippen molar-refractivity contribution < 1.29 is 19.2 Å². The third-order valence-electron chi connectivity index (χ3n) is 5.65. The summed E-state index contributed by atoms with van der Waals surface area (Å²) in [6.45, 7) is 2.55. The summed E-state index contributed by atoms with van der Waals surface area (Å²) in [6, 6.07) is 9.49. The van der Waals surface area contributed by atoms with E-state index in [1.807, 2.05) is 12.1 Å². The lowest BCUT2D eigenvalue weighted by Gasteiger charge is -2.36. The molecular weight excluding hydrogens is 386 g/mol. The van der Waals surface area contributed by atoms with Gasteiger partial charge in [0.05, 0.1) is 11.5 Å². The van der Waals surface area contributed by atoms with Gasteiger partial charge in [0.2, 0.25) is 5.91 Å². The maximum absolute atomic E-state index is 13.1. The number of anilines is 2. The highest BCUT2D eigenvalue weighted by atomic mass is 16.6. The number of hydrogen-bond donors (Lipinski definition) is 1. The van der Waals surface area contributed by atoms with Crippen LogP contribution in [0.25, 0.3) is 0 Å². The van der Waals surface area contributed by atoms with Crippen LogP contribution < -0.4 is 15.0 Å². The zero-order valence-corrected chi connectivity index (χ0v) is 16.7. The molecule has 0 unspecified atom stereocenters. The van der Waals surface area contributed by atoms with Gasteiger partial charge in [0.25, 0.3) is 5.69 Å². The van der Waals surface area contributed by atoms with Crippen LogP contribution in [0.3, 0.4) is 0 Å². The minimum absolute atomic E-state index is 0.155. The van der Waals surface area contributed by atoms with Crippen LogP contribution in [0.2, 0.25) is 0 Å². The molecule has 1 fully saturated rings. The number of nitro benzene ring substituents is 1. The highest BCUT2D eigenvalue weighted by Gasteiger charge is 2.33. The van der Waals surface area contributed by atoms with Crippen LogP contribution in [-0.4, -0.2) is 35.8 Å². The monoisotopic (exact) mass is 409 g/mol. The molecule has 0 bridgehead atoms. The first kappa shape index (κ1) is 19.9. The van der Waals surface area contributed by atoms with E-state index in [2.05, 4.69) is 5.32 Å². The quantitative estimate of drug-likeness (QED) is 0.459. The number of nitrogens with one attached hydrogen (secondary N) is 1. The Morgan fingerprint density at radius 3 is 2.80 bits per heavy atom. The van der Waals surface area contributed by atoms with E-state index < -0.39 is 11.0 Å². The number of Topliss-reactive ketones (excluding diaryl/α,β-unsaturated/α-hetero) is 1. The van der Waals surface area contributed by atoms with Gasteiger partial charge in [-0.1, -0.05) is 0 Å². The molecule has 0 saturated carbocycles. The summed E-state index contributed by atoms with van der Waals surface area (Å²) in [7, 11) is 0. The van der Waals surface area contributed by atoms with Crippen molar-refractivity contribution in [1.29, 1.82) is 0 Å². The Morgan fingerprint density at radius 2 is 2.03 bits per heavy atom. The van der Waals surface area contributed by atoms with E-state index in [4.69, 9.17) is 4.74 Å². The van der Waals surface area contributed by atoms with E-state index in [1.54, 1.807) is 23.1 Å². The molecule has 2 aromatic carbocycles. The molecule has 8 nitrogen and oxygen atoms in total. The molecule has 4 rings (SSSR count). The molecule has 1 saturated heterocycles. The van der Waals surface area contributed by atoms with E-state index >= 15 is 0 Å². The molecular formula is C22H23N3O5. The molecule has 2 heterocycles. The second-order valence-corrected chi connectivity index (χ2v) is 7.63. The number of benzene rings is 2. The number of hydrogen-bond acceptors (Lipinski definition) is 6. The van der Waals surface area contributed by atoms with Crippen LogP contribution in [0.4, 0.5) is 17.1 Å². The van der Waals surface area contributed by atoms with Crippen LogP contribution >= 0.6 is 0 Å². The number of carbonyl (C=O) groups is 2. The SMILES string of the molecule is CC(=O)c1ccc(N2CCCC[C@@H]2C(=O)Nc2ccc3c(c2)CCO3)c([N+](=O)[O-])c1. The van der Waals surface area contributed by atoms with Gasteiger partial charge >= 0.3 is 0 Å². The number of carbonyl (C=O) groups excluding carboxylic acids is 2. The summed E-state index contributed by atoms with van der Waals surface area (Å²) in [5.74, 6) is 0.408. The Balaban J connectivity index is 1.61. The maximum atomic E-state index is 13.1. The van der Waals surface area contributed by atoms with Gasteiger partial charge in [0, 0.05) is 30.3 Å². The standard InChI is InChI=1S/C22H23N3O5/c1-14(26)15-5-7-18(20(13-15)25(28)29)24-10-3-2-4-19(24)22(27)23-17-6-8-21-16(12-17)9-11-30-21/h5-8,12-13,19H,2-4,9-11H2,1H3,(H,23,27)/t19-/m1/s1. The van der Waals surface area contributed by atoms with Crippen LogP contribution in [0.15, 0.2) is 36.4 Å². The molecule has 1 amide bonds. The summed E-state index contributed by atoms with van der Waals surface area (Å²) in [6.07, 6.45) is 3.12. The fraction of sp³-hybridized carbons (Fsp3) is 0.364. The summed E-state index contributed by atoms with van der Waals surface area (Å²) in [4.78, 5) is 37.7. The minimum Gasteiger partial charge on any atom is -0.493 e. The number of fused-ring (bicyclic) bond motifs is 1. The lowest BCUT2D eigenvalue weighted by Crippen LogP contribution is -2.47. The summed E-state index contributed by atoms with van der Waals surface area (Å²) < 4.78 is 5.50. The highest BCUT2D eigenvalue weighted by Crippen LogP contribution is 2.35. The minimum atomic E-state index is -0.523. The molecule has 2 aromatic rings. The van der Waals surface area contributed by atoms with Crippen molar-refractivity contribution >= 4 is 28.8 Å². The lowest BCUT2D eigenvalue weighted by molar-refractivity contribution is -0.384. The maximum Gasteiger partial charge on any atom is 0.293 e. The normalized spacial score (nSPS) is 17.8. The van der Waals surface area contributed by atoms with Crippen molar-refractivity contribution in [2.75, 3.05) is 23.4 Å². The van der Waals surface area contributed by atoms with Gasteiger partial charge in [-0.05, 0) is 62.1 Å². The van der Waals surface area contributed by atoms with Crippen molar-refractivity contribution in [2.45, 2.75) is 38.6 Å². The summed E-state index contributed by atoms with van der Waals surface area (Å²) >= 11 is 0. The first-order chi connectivity index (χ1) is 14.4. The second kappa shape index (κ2) is 8.14. The van der Waals surface area contributed by atoms with Crippen LogP contribution in [-0.2, 0) is 11.2 Å². The number of nitro groups is 1. The van der Waals surface area contributed by atoms with Gasteiger partial charge in [-0.3, -0.25) is 19.7 Å². The van der Waals surface area contributed by atoms with Gasteiger partial charge in [0.1, 0.15) is 17.5 Å². The van der Waals surface area contributed by atoms with Crippen LogP contribution in [0.1, 0.15) is 42.1 Å². The molecule has 1 N–H and O–H groups in total. The van der Waals surface area contributed by atoms with Gasteiger partial charge < -0.3 is 15.0 Å². The van der Waals surface area contributed by atoms with Crippen molar-refractivity contribution in [1.82, 2.24) is 0 Å². The Kier molecular flexibility index (Phi) is 5.39. The van der Waals surface area contributed by atoms with Gasteiger partial charge in [-0.15, -0.1) is 0 Å². The number of piperidine rings is 1. The Morgan fingerprint density at radius 1 is 1.20 bits per heavy atom. The van der Waals surface area contributed by atoms with E-state index in [0.29, 0.717) is 30.9 Å². The molecule has 30 heavy (non-hydrogen) atoms. The molecule has 0 spiro atoms. The first-order valence-corrected chi connectivity index (χ1v) is 10.1. The molecule has 0 aliphatic carbocycles. The van der Waals surface area contributed by atoms with Crippen molar-refractivity contribution in [3.05, 3.63) is 57.6 Å².